The van der Waals surface area contributed by atoms with Crippen LogP contribution in [-0.4, -0.2) is 0 Å². The van der Waals surface area contributed by atoms with Crippen molar-refractivity contribution in [2.75, 3.05) is 11.2 Å². The van der Waals surface area contributed by atoms with Crippen LogP contribution in [0.1, 0.15) is 25.3 Å². The van der Waals surface area contributed by atoms with E-state index < -0.39 is 0 Å². The van der Waals surface area contributed by atoms with Crippen molar-refractivity contribution in [2.45, 2.75) is 19.8 Å². The zero-order valence-corrected chi connectivity index (χ0v) is 8.52. The number of nitrogens with two attached hydrogens (primary N) is 2. The zero-order chi connectivity index (χ0) is 10.0. The van der Waals surface area contributed by atoms with E-state index in [1.54, 1.807) is 6.07 Å². The van der Waals surface area contributed by atoms with Crippen LogP contribution in [0.25, 0.3) is 0 Å². The van der Waals surface area contributed by atoms with Gasteiger partial charge in [0, 0.05) is 5.02 Å². The molecular formula is C9H14ClN3. The topological polar surface area (TPSA) is 64.1 Å². The first-order valence-corrected chi connectivity index (χ1v) is 4.49. The number of anilines is 2. The third-order valence-electron chi connectivity index (χ3n) is 1.95. The molecule has 13 heavy (non-hydrogen) atoms. The van der Waals surface area contributed by atoms with Crippen molar-refractivity contribution < 1.29 is 0 Å². The van der Waals surface area contributed by atoms with E-state index in [0.29, 0.717) is 22.3 Å². The summed E-state index contributed by atoms with van der Waals surface area (Å²) in [5.41, 5.74) is 10.6. The van der Waals surface area contributed by atoms with Crippen molar-refractivity contribution in [2.24, 2.45) is 5.84 Å². The summed E-state index contributed by atoms with van der Waals surface area (Å²) in [6.45, 7) is 4.13. The maximum Gasteiger partial charge on any atom is 0.0731 e. The minimum absolute atomic E-state index is 0.363. The number of hydrogen-bond acceptors (Lipinski definition) is 3. The molecule has 4 heteroatoms. The molecule has 0 aliphatic rings. The molecular weight excluding hydrogens is 186 g/mol. The predicted octanol–water partition coefficient (Wildman–Crippen LogP) is 2.33. The molecule has 0 aliphatic carbocycles. The minimum Gasteiger partial charge on any atom is -0.397 e. The first-order chi connectivity index (χ1) is 6.06. The van der Waals surface area contributed by atoms with Gasteiger partial charge in [-0.3, -0.25) is 5.84 Å². The van der Waals surface area contributed by atoms with Crippen LogP contribution in [0, 0.1) is 0 Å². The molecule has 0 fully saturated rings. The van der Waals surface area contributed by atoms with Gasteiger partial charge in [-0.2, -0.15) is 0 Å². The van der Waals surface area contributed by atoms with Gasteiger partial charge in [-0.15, -0.1) is 0 Å². The molecule has 3 nitrogen and oxygen atoms in total. The quantitative estimate of drug-likeness (QED) is 0.389. The fraction of sp³-hybridized carbons (Fsp3) is 0.333. The highest BCUT2D eigenvalue weighted by molar-refractivity contribution is 6.31. The molecule has 0 bridgehead atoms. The van der Waals surface area contributed by atoms with Gasteiger partial charge in [-0.05, 0) is 23.6 Å². The summed E-state index contributed by atoms with van der Waals surface area (Å²) < 4.78 is 0. The van der Waals surface area contributed by atoms with Crippen molar-refractivity contribution in [1.29, 1.82) is 0 Å². The Labute approximate surface area is 83.0 Å². The lowest BCUT2D eigenvalue weighted by atomic mass is 10.0. The molecule has 0 heterocycles. The molecule has 0 saturated heterocycles. The second kappa shape index (κ2) is 3.85. The lowest BCUT2D eigenvalue weighted by Crippen LogP contribution is -2.09. The van der Waals surface area contributed by atoms with E-state index >= 15 is 0 Å². The summed E-state index contributed by atoms with van der Waals surface area (Å²) in [6, 6.07) is 3.59. The Hall–Kier alpha value is -0.930. The maximum absolute atomic E-state index is 6.02. The van der Waals surface area contributed by atoms with Crippen molar-refractivity contribution in [1.82, 2.24) is 0 Å². The highest BCUT2D eigenvalue weighted by Crippen LogP contribution is 2.31. The number of nitrogen functional groups attached to an aromatic ring is 2. The van der Waals surface area contributed by atoms with Gasteiger partial charge >= 0.3 is 0 Å². The van der Waals surface area contributed by atoms with Crippen molar-refractivity contribution in [3.05, 3.63) is 22.7 Å². The largest absolute Gasteiger partial charge is 0.397 e. The van der Waals surface area contributed by atoms with Crippen molar-refractivity contribution >= 4 is 23.0 Å². The van der Waals surface area contributed by atoms with E-state index in [0.717, 1.165) is 5.56 Å². The normalized spacial score (nSPS) is 10.5. The molecule has 1 rings (SSSR count). The molecule has 72 valence electrons. The molecule has 0 aromatic heterocycles. The van der Waals surface area contributed by atoms with E-state index in [1.807, 2.05) is 6.07 Å². The predicted molar refractivity (Wildman–Crippen MR) is 57.8 cm³/mol. The molecule has 0 saturated carbocycles. The molecule has 0 unspecified atom stereocenters. The summed E-state index contributed by atoms with van der Waals surface area (Å²) >= 11 is 6.02. The number of rotatable bonds is 2. The summed E-state index contributed by atoms with van der Waals surface area (Å²) in [5, 5.41) is 0.692. The van der Waals surface area contributed by atoms with Gasteiger partial charge in [0.2, 0.25) is 0 Å². The van der Waals surface area contributed by atoms with Crippen LogP contribution >= 0.6 is 11.6 Å². The van der Waals surface area contributed by atoms with E-state index in [4.69, 9.17) is 23.2 Å². The van der Waals surface area contributed by atoms with Crippen LogP contribution in [0.4, 0.5) is 11.4 Å². The van der Waals surface area contributed by atoms with Gasteiger partial charge < -0.3 is 11.2 Å². The fourth-order valence-electron chi connectivity index (χ4n) is 1.18. The van der Waals surface area contributed by atoms with Gasteiger partial charge in [0.1, 0.15) is 0 Å². The van der Waals surface area contributed by atoms with Gasteiger partial charge in [-0.1, -0.05) is 25.4 Å². The van der Waals surface area contributed by atoms with E-state index in [-0.39, 0.29) is 0 Å². The molecule has 0 radical (unpaired) electrons. The fourth-order valence-corrected chi connectivity index (χ4v) is 1.56. The highest BCUT2D eigenvalue weighted by atomic mass is 35.5. The average molecular weight is 200 g/mol. The number of benzene rings is 1. The van der Waals surface area contributed by atoms with Crippen LogP contribution in [0.15, 0.2) is 12.1 Å². The van der Waals surface area contributed by atoms with Crippen molar-refractivity contribution in [3.8, 4) is 0 Å². The summed E-state index contributed by atoms with van der Waals surface area (Å²) in [6.07, 6.45) is 0. The Morgan fingerprint density at radius 2 is 2.00 bits per heavy atom. The molecule has 0 amide bonds. The van der Waals surface area contributed by atoms with Crippen LogP contribution < -0.4 is 17.0 Å². The van der Waals surface area contributed by atoms with E-state index in [1.165, 1.54) is 0 Å². The van der Waals surface area contributed by atoms with Crippen LogP contribution in [0.2, 0.25) is 5.02 Å². The molecule has 1 aromatic carbocycles. The van der Waals surface area contributed by atoms with Gasteiger partial charge in [0.25, 0.3) is 0 Å². The number of halogens is 1. The number of hydrogen-bond donors (Lipinski definition) is 3. The lowest BCUT2D eigenvalue weighted by molar-refractivity contribution is 0.867. The Morgan fingerprint density at radius 1 is 1.38 bits per heavy atom. The molecule has 5 N–H and O–H groups in total. The van der Waals surface area contributed by atoms with Gasteiger partial charge in [0.15, 0.2) is 0 Å². The summed E-state index contributed by atoms with van der Waals surface area (Å²) in [7, 11) is 0. The average Bonchev–Trinajstić information content (AvgIpc) is 2.07. The zero-order valence-electron chi connectivity index (χ0n) is 7.76. The second-order valence-corrected chi connectivity index (χ2v) is 3.67. The molecule has 0 atom stereocenters. The minimum atomic E-state index is 0.363. The Balaban J connectivity index is 3.20. The highest BCUT2D eigenvalue weighted by Gasteiger charge is 2.08. The van der Waals surface area contributed by atoms with E-state index in [9.17, 15) is 0 Å². The first-order valence-electron chi connectivity index (χ1n) is 4.11. The third kappa shape index (κ3) is 2.05. The Kier molecular flexibility index (Phi) is 3.01. The Bertz CT molecular complexity index is 310. The molecule has 0 aliphatic heterocycles. The number of hydrazine groups is 1. The van der Waals surface area contributed by atoms with Gasteiger partial charge in [-0.25, -0.2) is 0 Å². The van der Waals surface area contributed by atoms with Crippen molar-refractivity contribution in [3.63, 3.8) is 0 Å². The first kappa shape index (κ1) is 10.2. The van der Waals surface area contributed by atoms with Gasteiger partial charge in [0.05, 0.1) is 11.4 Å². The van der Waals surface area contributed by atoms with Crippen LogP contribution in [-0.2, 0) is 0 Å². The van der Waals surface area contributed by atoms with Crippen LogP contribution in [0.5, 0.6) is 0 Å². The SMILES string of the molecule is CC(C)c1cc(N)c(NN)cc1Cl. The summed E-state index contributed by atoms with van der Waals surface area (Å²) in [4.78, 5) is 0. The standard InChI is InChI=1S/C9H14ClN3/c1-5(2)6-3-8(11)9(13-12)4-7(6)10/h3-5,13H,11-12H2,1-2H3. The van der Waals surface area contributed by atoms with E-state index in [2.05, 4.69) is 19.3 Å². The third-order valence-corrected chi connectivity index (χ3v) is 2.27. The smallest absolute Gasteiger partial charge is 0.0731 e. The molecule has 1 aromatic rings. The maximum atomic E-state index is 6.02. The lowest BCUT2D eigenvalue weighted by Gasteiger charge is -2.12. The van der Waals surface area contributed by atoms with Crippen LogP contribution in [0.3, 0.4) is 0 Å². The monoisotopic (exact) mass is 199 g/mol. The summed E-state index contributed by atoms with van der Waals surface area (Å²) in [5.74, 6) is 5.62. The number of nitrogens with one attached hydrogen (secondary N) is 1. The second-order valence-electron chi connectivity index (χ2n) is 3.26. The molecule has 0 spiro atoms. The Morgan fingerprint density at radius 3 is 2.46 bits per heavy atom.